The molecular formula is C30H34ClN5O2S. The van der Waals surface area contributed by atoms with Gasteiger partial charge < -0.3 is 16.0 Å². The van der Waals surface area contributed by atoms with E-state index in [1.165, 1.54) is 47.8 Å². The number of aryl methyl sites for hydroxylation is 1. The fourth-order valence-electron chi connectivity index (χ4n) is 5.72. The molecule has 0 amide bonds. The van der Waals surface area contributed by atoms with E-state index in [9.17, 15) is 8.42 Å². The number of nitrogens with one attached hydrogen (secondary N) is 1. The van der Waals surface area contributed by atoms with E-state index < -0.39 is 9.84 Å². The van der Waals surface area contributed by atoms with E-state index in [2.05, 4.69) is 33.4 Å². The maximum atomic E-state index is 11.8. The van der Waals surface area contributed by atoms with Crippen molar-refractivity contribution in [1.82, 2.24) is 9.97 Å². The third-order valence-corrected chi connectivity index (χ3v) is 8.80. The molecule has 3 N–H and O–H groups in total. The Morgan fingerprint density at radius 1 is 0.974 bits per heavy atom. The summed E-state index contributed by atoms with van der Waals surface area (Å²) in [5.74, 6) is 0.695. The molecule has 0 radical (unpaired) electrons. The van der Waals surface area contributed by atoms with Crippen LogP contribution in [0.4, 0.5) is 17.2 Å². The van der Waals surface area contributed by atoms with Crippen molar-refractivity contribution in [3.63, 3.8) is 0 Å². The van der Waals surface area contributed by atoms with Crippen molar-refractivity contribution in [2.75, 3.05) is 29.6 Å². The molecule has 39 heavy (non-hydrogen) atoms. The number of hydrogen-bond acceptors (Lipinski definition) is 7. The standard InChI is InChI=1S/C30H33N5O2S.ClH/c1-38(36,37)24-10-8-23(9-11-24)33-29-18-21(13-15-32-29)20-7-12-28-26(17-20)30(35-16-14-22(31)19-35)25-5-3-2-4-6-27(25)34-28;/h7-13,15,17-18,22H,2-6,14,16,19,31H2,1H3,(H,32,33);1H. The van der Waals surface area contributed by atoms with Crippen molar-refractivity contribution in [2.45, 2.75) is 49.5 Å². The lowest BCUT2D eigenvalue weighted by Gasteiger charge is -2.25. The lowest BCUT2D eigenvalue weighted by molar-refractivity contribution is 0.602. The second-order valence-corrected chi connectivity index (χ2v) is 12.5. The molecule has 1 saturated heterocycles. The lowest BCUT2D eigenvalue weighted by atomic mass is 9.97. The van der Waals surface area contributed by atoms with Crippen molar-refractivity contribution in [3.05, 3.63) is 72.1 Å². The Kier molecular flexibility index (Phi) is 7.80. The van der Waals surface area contributed by atoms with Gasteiger partial charge in [-0.3, -0.25) is 4.98 Å². The summed E-state index contributed by atoms with van der Waals surface area (Å²) in [6.45, 7) is 1.87. The van der Waals surface area contributed by atoms with Crippen LogP contribution >= 0.6 is 12.4 Å². The molecule has 1 atom stereocenters. The lowest BCUT2D eigenvalue weighted by Crippen LogP contribution is -2.27. The molecule has 0 spiro atoms. The van der Waals surface area contributed by atoms with Gasteiger partial charge in [0, 0.05) is 48.4 Å². The van der Waals surface area contributed by atoms with Gasteiger partial charge in [0.1, 0.15) is 5.82 Å². The third kappa shape index (κ3) is 5.73. The van der Waals surface area contributed by atoms with E-state index in [1.807, 2.05) is 12.1 Å². The molecule has 2 aromatic heterocycles. The molecule has 1 aliphatic heterocycles. The van der Waals surface area contributed by atoms with Crippen LogP contribution in [0, 0.1) is 0 Å². The Labute approximate surface area is 236 Å². The van der Waals surface area contributed by atoms with Gasteiger partial charge in [0.05, 0.1) is 16.1 Å². The Hall–Kier alpha value is -3.20. The number of benzene rings is 2. The highest BCUT2D eigenvalue weighted by molar-refractivity contribution is 7.90. The average Bonchev–Trinajstić information content (AvgIpc) is 3.19. The van der Waals surface area contributed by atoms with Crippen LogP contribution < -0.4 is 16.0 Å². The van der Waals surface area contributed by atoms with Crippen molar-refractivity contribution >= 4 is 50.3 Å². The maximum Gasteiger partial charge on any atom is 0.175 e. The molecule has 0 bridgehead atoms. The number of nitrogens with two attached hydrogens (primary N) is 1. The molecule has 7 nitrogen and oxygen atoms in total. The summed E-state index contributed by atoms with van der Waals surface area (Å²) in [5, 5.41) is 4.49. The zero-order valence-electron chi connectivity index (χ0n) is 22.1. The number of halogens is 1. The summed E-state index contributed by atoms with van der Waals surface area (Å²) < 4.78 is 23.5. The normalized spacial score (nSPS) is 17.4. The fraction of sp³-hybridized carbons (Fsp3) is 0.333. The van der Waals surface area contributed by atoms with Crippen molar-refractivity contribution in [1.29, 1.82) is 0 Å². The Balaban J connectivity index is 0.00000308. The maximum absolute atomic E-state index is 11.8. The van der Waals surface area contributed by atoms with E-state index in [0.717, 1.165) is 54.7 Å². The first-order valence-electron chi connectivity index (χ1n) is 13.3. The molecule has 1 fully saturated rings. The highest BCUT2D eigenvalue weighted by Crippen LogP contribution is 2.39. The van der Waals surface area contributed by atoms with Gasteiger partial charge in [0.2, 0.25) is 0 Å². The van der Waals surface area contributed by atoms with E-state index in [4.69, 9.17) is 10.7 Å². The van der Waals surface area contributed by atoms with Gasteiger partial charge in [0.15, 0.2) is 9.84 Å². The minimum atomic E-state index is -3.23. The smallest absolute Gasteiger partial charge is 0.175 e. The van der Waals surface area contributed by atoms with Gasteiger partial charge in [-0.2, -0.15) is 0 Å². The molecule has 3 heterocycles. The van der Waals surface area contributed by atoms with Crippen molar-refractivity contribution < 1.29 is 8.42 Å². The number of anilines is 3. The van der Waals surface area contributed by atoms with Crippen LogP contribution in [0.3, 0.4) is 0 Å². The molecule has 2 aromatic carbocycles. The predicted octanol–water partition coefficient (Wildman–Crippen LogP) is 5.67. The first-order chi connectivity index (χ1) is 18.3. The number of fused-ring (bicyclic) bond motifs is 2. The van der Waals surface area contributed by atoms with Crippen LogP contribution in [0.1, 0.15) is 36.9 Å². The molecule has 1 unspecified atom stereocenters. The van der Waals surface area contributed by atoms with Crippen LogP contribution in [0.15, 0.2) is 65.7 Å². The van der Waals surface area contributed by atoms with E-state index >= 15 is 0 Å². The summed E-state index contributed by atoms with van der Waals surface area (Å²) in [4.78, 5) is 12.4. The first-order valence-corrected chi connectivity index (χ1v) is 15.2. The second-order valence-electron chi connectivity index (χ2n) is 10.5. The monoisotopic (exact) mass is 563 g/mol. The van der Waals surface area contributed by atoms with Gasteiger partial charge in [0.25, 0.3) is 0 Å². The number of pyridine rings is 2. The summed E-state index contributed by atoms with van der Waals surface area (Å²) in [6.07, 6.45) is 9.80. The summed E-state index contributed by atoms with van der Waals surface area (Å²) in [5.41, 5.74) is 14.3. The van der Waals surface area contributed by atoms with Gasteiger partial charge in [-0.05, 0) is 97.3 Å². The second kappa shape index (κ2) is 11.1. The van der Waals surface area contributed by atoms with Crippen LogP contribution in [0.25, 0.3) is 22.0 Å². The van der Waals surface area contributed by atoms with Gasteiger partial charge in [-0.15, -0.1) is 12.4 Å². The molecule has 204 valence electrons. The SMILES string of the molecule is CS(=O)(=O)c1ccc(Nc2cc(-c3ccc4nc5c(c(N6CCC(N)C6)c4c3)CCCCC5)ccn2)cc1.Cl. The molecule has 1 aliphatic carbocycles. The molecule has 9 heteroatoms. The van der Waals surface area contributed by atoms with E-state index in [1.54, 1.807) is 30.5 Å². The Bertz CT molecular complexity index is 1610. The molecule has 0 saturated carbocycles. The van der Waals surface area contributed by atoms with Crippen LogP contribution in [-0.2, 0) is 22.7 Å². The van der Waals surface area contributed by atoms with Crippen LogP contribution in [-0.4, -0.2) is 43.8 Å². The van der Waals surface area contributed by atoms with Crippen molar-refractivity contribution in [2.24, 2.45) is 5.73 Å². The zero-order chi connectivity index (χ0) is 26.3. The molecule has 6 rings (SSSR count). The van der Waals surface area contributed by atoms with Crippen molar-refractivity contribution in [3.8, 4) is 11.1 Å². The Morgan fingerprint density at radius 3 is 2.49 bits per heavy atom. The summed E-state index contributed by atoms with van der Waals surface area (Å²) in [6, 6.07) is 17.5. The quantitative estimate of drug-likeness (QED) is 0.302. The van der Waals surface area contributed by atoms with Crippen LogP contribution in [0.2, 0.25) is 0 Å². The first kappa shape index (κ1) is 27.4. The highest BCUT2D eigenvalue weighted by atomic mass is 35.5. The topological polar surface area (TPSA) is 101 Å². The Morgan fingerprint density at radius 2 is 1.74 bits per heavy atom. The largest absolute Gasteiger partial charge is 0.369 e. The van der Waals surface area contributed by atoms with Gasteiger partial charge in [-0.1, -0.05) is 12.5 Å². The van der Waals surface area contributed by atoms with Gasteiger partial charge in [-0.25, -0.2) is 13.4 Å². The highest BCUT2D eigenvalue weighted by Gasteiger charge is 2.26. The number of sulfone groups is 1. The minimum absolute atomic E-state index is 0. The van der Waals surface area contributed by atoms with Crippen LogP contribution in [0.5, 0.6) is 0 Å². The predicted molar refractivity (Wildman–Crippen MR) is 161 cm³/mol. The fourth-order valence-corrected chi connectivity index (χ4v) is 6.35. The summed E-state index contributed by atoms with van der Waals surface area (Å²) >= 11 is 0. The number of hydrogen-bond donors (Lipinski definition) is 2. The number of aromatic nitrogens is 2. The van der Waals surface area contributed by atoms with E-state index in [-0.39, 0.29) is 18.4 Å². The average molecular weight is 564 g/mol. The number of nitrogens with zero attached hydrogens (tertiary/aromatic N) is 3. The zero-order valence-corrected chi connectivity index (χ0v) is 23.7. The van der Waals surface area contributed by atoms with E-state index in [0.29, 0.717) is 10.7 Å². The van der Waals surface area contributed by atoms with Gasteiger partial charge >= 0.3 is 0 Å². The third-order valence-electron chi connectivity index (χ3n) is 7.67. The minimum Gasteiger partial charge on any atom is -0.369 e. The molecule has 4 aromatic rings. The number of rotatable bonds is 5. The summed E-state index contributed by atoms with van der Waals surface area (Å²) in [7, 11) is -3.23. The molecule has 2 aliphatic rings. The molecular weight excluding hydrogens is 530 g/mol.